The normalized spacial score (nSPS) is 17.9. The van der Waals surface area contributed by atoms with E-state index in [0.29, 0.717) is 18.0 Å². The van der Waals surface area contributed by atoms with Gasteiger partial charge in [-0.2, -0.15) is 13.2 Å². The van der Waals surface area contributed by atoms with Gasteiger partial charge >= 0.3 is 6.18 Å². The van der Waals surface area contributed by atoms with E-state index in [9.17, 15) is 18.0 Å². The number of rotatable bonds is 5. The predicted molar refractivity (Wildman–Crippen MR) is 99.9 cm³/mol. The molecule has 2 unspecified atom stereocenters. The summed E-state index contributed by atoms with van der Waals surface area (Å²) < 4.78 is 49.3. The van der Waals surface area contributed by atoms with Crippen molar-refractivity contribution in [1.29, 1.82) is 0 Å². The molecule has 1 heterocycles. The van der Waals surface area contributed by atoms with Gasteiger partial charge in [-0.3, -0.25) is 9.63 Å². The van der Waals surface area contributed by atoms with E-state index >= 15 is 0 Å². The summed E-state index contributed by atoms with van der Waals surface area (Å²) in [5.41, 5.74) is -0.853. The Morgan fingerprint density at radius 2 is 1.86 bits per heavy atom. The molecule has 3 rings (SSSR count). The van der Waals surface area contributed by atoms with Crippen molar-refractivity contribution in [2.24, 2.45) is 0 Å². The Hall–Kier alpha value is -2.45. The molecule has 0 spiro atoms. The maximum Gasteiger partial charge on any atom is 0.416 e. The van der Waals surface area contributed by atoms with Crippen LogP contribution in [-0.2, 0) is 15.8 Å². The fourth-order valence-corrected chi connectivity index (χ4v) is 2.93. The summed E-state index contributed by atoms with van der Waals surface area (Å²) in [6.07, 6.45) is -4.44. The minimum absolute atomic E-state index is 0.000367. The lowest BCUT2D eigenvalue weighted by Gasteiger charge is -2.20. The Morgan fingerprint density at radius 1 is 1.21 bits per heavy atom. The molecule has 156 valence electrons. The lowest BCUT2D eigenvalue weighted by molar-refractivity contribution is -0.184. The maximum absolute atomic E-state index is 12.7. The van der Waals surface area contributed by atoms with Gasteiger partial charge in [0.25, 0.3) is 5.91 Å². The second-order valence-corrected chi connectivity index (χ2v) is 7.03. The molecule has 29 heavy (non-hydrogen) atoms. The molecule has 0 bridgehead atoms. The molecule has 1 fully saturated rings. The van der Waals surface area contributed by atoms with E-state index in [-0.39, 0.29) is 22.8 Å². The van der Waals surface area contributed by atoms with Crippen molar-refractivity contribution in [3.8, 4) is 17.2 Å². The first kappa shape index (κ1) is 21.3. The van der Waals surface area contributed by atoms with Gasteiger partial charge in [0, 0.05) is 0 Å². The fraction of sp³-hybridized carbons (Fsp3) is 0.350. The van der Waals surface area contributed by atoms with Crippen LogP contribution in [0, 0.1) is 0 Å². The van der Waals surface area contributed by atoms with E-state index in [0.717, 1.165) is 24.6 Å². The summed E-state index contributed by atoms with van der Waals surface area (Å²) >= 11 is 5.89. The van der Waals surface area contributed by atoms with Crippen LogP contribution in [0.5, 0.6) is 17.2 Å². The van der Waals surface area contributed by atoms with Gasteiger partial charge in [0.1, 0.15) is 17.2 Å². The highest BCUT2D eigenvalue weighted by Gasteiger charge is 2.31. The Morgan fingerprint density at radius 3 is 2.41 bits per heavy atom. The molecule has 1 aliphatic rings. The molecule has 2 aromatic carbocycles. The average Bonchev–Trinajstić information content (AvgIpc) is 3.09. The van der Waals surface area contributed by atoms with Crippen LogP contribution in [-0.4, -0.2) is 29.7 Å². The summed E-state index contributed by atoms with van der Waals surface area (Å²) in [5.74, 6) is 0.613. The third kappa shape index (κ3) is 5.33. The molecule has 9 heteroatoms. The number of ether oxygens (including phenoxy) is 2. The highest BCUT2D eigenvalue weighted by atomic mass is 35.5. The van der Waals surface area contributed by atoms with Gasteiger partial charge in [0.05, 0.1) is 23.2 Å². The quantitative estimate of drug-likeness (QED) is 0.632. The van der Waals surface area contributed by atoms with Crippen molar-refractivity contribution in [3.63, 3.8) is 0 Å². The molecule has 0 radical (unpaired) electrons. The topological polar surface area (TPSA) is 48.0 Å². The van der Waals surface area contributed by atoms with Crippen LogP contribution in [0.25, 0.3) is 0 Å². The number of benzene rings is 2. The number of nitrogens with zero attached hydrogens (tertiary/aromatic N) is 1. The summed E-state index contributed by atoms with van der Waals surface area (Å²) in [7, 11) is 0. The molecule has 0 aromatic heterocycles. The first-order chi connectivity index (χ1) is 13.6. The lowest BCUT2D eigenvalue weighted by Crippen LogP contribution is -2.38. The standard InChI is InChI=1S/C20H19ClF3NO4/c1-12-9-10-25(29-12)19(26)13(2)27-15-4-6-16(7-5-15)28-18-8-3-14(11-17(18)21)20(22,23)24/h3-8,11-13H,9-10H2,1-2H3. The zero-order valence-corrected chi connectivity index (χ0v) is 16.5. The van der Waals surface area contributed by atoms with Crippen LogP contribution in [0.4, 0.5) is 13.2 Å². The molecule has 2 atom stereocenters. The van der Waals surface area contributed by atoms with Gasteiger partial charge in [-0.15, -0.1) is 0 Å². The van der Waals surface area contributed by atoms with E-state index in [1.54, 1.807) is 31.2 Å². The van der Waals surface area contributed by atoms with Crippen molar-refractivity contribution in [3.05, 3.63) is 53.1 Å². The van der Waals surface area contributed by atoms with Crippen LogP contribution in [0.2, 0.25) is 5.02 Å². The number of hydrogen-bond donors (Lipinski definition) is 0. The summed E-state index contributed by atoms with van der Waals surface area (Å²) in [6, 6.07) is 9.17. The van der Waals surface area contributed by atoms with Crippen molar-refractivity contribution >= 4 is 17.5 Å². The van der Waals surface area contributed by atoms with Crippen LogP contribution in [0.1, 0.15) is 25.8 Å². The molecule has 1 saturated heterocycles. The van der Waals surface area contributed by atoms with E-state index in [1.807, 2.05) is 6.92 Å². The number of halogens is 4. The molecule has 0 aliphatic carbocycles. The average molecular weight is 430 g/mol. The van der Waals surface area contributed by atoms with E-state index in [1.165, 1.54) is 5.06 Å². The maximum atomic E-state index is 12.7. The molecule has 0 saturated carbocycles. The number of carbonyl (C=O) groups excluding carboxylic acids is 1. The Labute approximate surface area is 170 Å². The first-order valence-electron chi connectivity index (χ1n) is 8.93. The third-order valence-corrected chi connectivity index (χ3v) is 4.56. The summed E-state index contributed by atoms with van der Waals surface area (Å²) in [5, 5.41) is 1.15. The second kappa shape index (κ2) is 8.51. The van der Waals surface area contributed by atoms with Crippen molar-refractivity contribution in [1.82, 2.24) is 5.06 Å². The predicted octanol–water partition coefficient (Wildman–Crippen LogP) is 5.47. The lowest BCUT2D eigenvalue weighted by atomic mass is 10.2. The van der Waals surface area contributed by atoms with Crippen LogP contribution < -0.4 is 9.47 Å². The summed E-state index contributed by atoms with van der Waals surface area (Å²) in [6.45, 7) is 4.04. The molecule has 0 N–H and O–H groups in total. The first-order valence-corrected chi connectivity index (χ1v) is 9.31. The molecule has 5 nitrogen and oxygen atoms in total. The molecular weight excluding hydrogens is 411 g/mol. The number of hydroxylamine groups is 2. The fourth-order valence-electron chi connectivity index (χ4n) is 2.71. The molecule has 2 aromatic rings. The number of carbonyl (C=O) groups is 1. The van der Waals surface area contributed by atoms with Crippen molar-refractivity contribution in [2.75, 3.05) is 6.54 Å². The van der Waals surface area contributed by atoms with E-state index in [2.05, 4.69) is 0 Å². The smallest absolute Gasteiger partial charge is 0.416 e. The molecule has 1 amide bonds. The van der Waals surface area contributed by atoms with Gasteiger partial charge in [0.2, 0.25) is 0 Å². The number of hydrogen-bond acceptors (Lipinski definition) is 4. The largest absolute Gasteiger partial charge is 0.481 e. The highest BCUT2D eigenvalue weighted by molar-refractivity contribution is 6.32. The SMILES string of the molecule is CC1CCN(C(=O)C(C)Oc2ccc(Oc3ccc(C(F)(F)F)cc3Cl)cc2)O1. The van der Waals surface area contributed by atoms with E-state index in [4.69, 9.17) is 25.9 Å². The zero-order valence-electron chi connectivity index (χ0n) is 15.7. The van der Waals surface area contributed by atoms with Gasteiger partial charge in [0.15, 0.2) is 6.10 Å². The second-order valence-electron chi connectivity index (χ2n) is 6.62. The van der Waals surface area contributed by atoms with Crippen molar-refractivity contribution < 1.29 is 32.3 Å². The van der Waals surface area contributed by atoms with Crippen LogP contribution in [0.3, 0.4) is 0 Å². The minimum atomic E-state index is -4.48. The highest BCUT2D eigenvalue weighted by Crippen LogP contribution is 2.36. The van der Waals surface area contributed by atoms with Gasteiger partial charge < -0.3 is 9.47 Å². The Kier molecular flexibility index (Phi) is 6.24. The third-order valence-electron chi connectivity index (χ3n) is 4.26. The molecule has 1 aliphatic heterocycles. The minimum Gasteiger partial charge on any atom is -0.481 e. The Bertz CT molecular complexity index is 873. The summed E-state index contributed by atoms with van der Waals surface area (Å²) in [4.78, 5) is 17.7. The van der Waals surface area contributed by atoms with E-state index < -0.39 is 17.8 Å². The van der Waals surface area contributed by atoms with Gasteiger partial charge in [-0.25, -0.2) is 5.06 Å². The number of alkyl halides is 3. The number of amides is 1. The zero-order chi connectivity index (χ0) is 21.2. The van der Waals surface area contributed by atoms with Gasteiger partial charge in [-0.1, -0.05) is 11.6 Å². The Balaban J connectivity index is 1.61. The monoisotopic (exact) mass is 429 g/mol. The van der Waals surface area contributed by atoms with Crippen LogP contribution >= 0.6 is 11.6 Å². The molecular formula is C20H19ClF3NO4. The van der Waals surface area contributed by atoms with Crippen molar-refractivity contribution in [2.45, 2.75) is 38.7 Å². The van der Waals surface area contributed by atoms with Crippen LogP contribution in [0.15, 0.2) is 42.5 Å². The van der Waals surface area contributed by atoms with Gasteiger partial charge in [-0.05, 0) is 62.7 Å².